The number of hydrogen-bond donors (Lipinski definition) is 2. The van der Waals surface area contributed by atoms with Crippen molar-refractivity contribution in [1.82, 2.24) is 14.6 Å². The molecule has 0 aliphatic carbocycles. The van der Waals surface area contributed by atoms with Crippen LogP contribution in [0.2, 0.25) is 5.02 Å². The molecule has 2 aromatic rings. The Morgan fingerprint density at radius 1 is 1.22 bits per heavy atom. The number of nitrogens with zero attached hydrogens (tertiary/aromatic N) is 1. The number of hydrogen-bond acceptors (Lipinski definition) is 8. The maximum atomic E-state index is 11.8. The molecule has 0 amide bonds. The van der Waals surface area contributed by atoms with E-state index >= 15 is 0 Å². The van der Waals surface area contributed by atoms with Crippen LogP contribution in [-0.2, 0) is 19.0 Å². The van der Waals surface area contributed by atoms with E-state index in [-0.39, 0.29) is 26.0 Å². The summed E-state index contributed by atoms with van der Waals surface area (Å²) in [5, 5.41) is 2.95. The van der Waals surface area contributed by atoms with Crippen molar-refractivity contribution in [3.8, 4) is 5.75 Å². The summed E-state index contributed by atoms with van der Waals surface area (Å²) in [6.45, 7) is 6.51. The number of nitrogens with one attached hydrogen (secondary N) is 2. The molecule has 0 saturated heterocycles. The molecule has 1 aliphatic rings. The number of rotatable bonds is 11. The maximum Gasteiger partial charge on any atom is 0.330 e. The first-order chi connectivity index (χ1) is 17.3. The minimum atomic E-state index is -0.619. The number of halogens is 1. The van der Waals surface area contributed by atoms with Gasteiger partial charge in [-0.05, 0) is 37.1 Å². The van der Waals surface area contributed by atoms with Crippen LogP contribution in [0.4, 0.5) is 0 Å². The highest BCUT2D eigenvalue weighted by Gasteiger charge is 2.21. The largest absolute Gasteiger partial charge is 0.464 e. The van der Waals surface area contributed by atoms with Gasteiger partial charge in [0.05, 0.1) is 6.61 Å². The fourth-order valence-electron chi connectivity index (χ4n) is 2.93. The number of benzene rings is 1. The van der Waals surface area contributed by atoms with E-state index in [0.29, 0.717) is 12.5 Å². The normalized spacial score (nSPS) is 17.7. The zero-order valence-electron chi connectivity index (χ0n) is 20.7. The lowest BCUT2D eigenvalue weighted by atomic mass is 10.1. The second-order valence-electron chi connectivity index (χ2n) is 7.85. The van der Waals surface area contributed by atoms with Gasteiger partial charge in [0.1, 0.15) is 25.8 Å². The maximum absolute atomic E-state index is 11.8. The van der Waals surface area contributed by atoms with E-state index in [2.05, 4.69) is 23.9 Å². The Kier molecular flexibility index (Phi) is 12.9. The number of H-pyrrole nitrogens is 1. The molecule has 4 unspecified atom stereocenters. The smallest absolute Gasteiger partial charge is 0.330 e. The van der Waals surface area contributed by atoms with Gasteiger partial charge in [-0.2, -0.15) is 0 Å². The number of carbonyl (C=O) groups is 1. The Morgan fingerprint density at radius 2 is 1.92 bits per heavy atom. The van der Waals surface area contributed by atoms with Crippen LogP contribution in [-0.4, -0.2) is 41.6 Å². The molecule has 0 radical (unpaired) electrons. The van der Waals surface area contributed by atoms with E-state index < -0.39 is 23.8 Å². The minimum absolute atomic E-state index is 0.0314. The Balaban J connectivity index is 0.000000259. The molecular weight excluding hydrogens is 509 g/mol. The van der Waals surface area contributed by atoms with Crippen molar-refractivity contribution in [2.45, 2.75) is 52.2 Å². The lowest BCUT2D eigenvalue weighted by molar-refractivity contribution is -0.146. The van der Waals surface area contributed by atoms with Gasteiger partial charge < -0.3 is 18.7 Å². The number of aromatic amines is 1. The fourth-order valence-corrected chi connectivity index (χ4v) is 3.69. The molecule has 1 aromatic carbocycles. The third-order valence-electron chi connectivity index (χ3n) is 5.29. The molecule has 3 rings (SSSR count). The minimum Gasteiger partial charge on any atom is -0.464 e. The standard InChI is InChI=1S/C15H24NO3P.C9H9ClN2O4/c1-4-13(5-2)11-18-15(17)12(3)16-20-19-14-9-7-6-8-10-14;1-15-7-3-2-6(16-7)12-4-5(10)8(13)11-9(12)14/h6-10,12-13,16,20H,4-5,11H2,1-3H3;2-4,6-7H,1H3,(H,11,13,14). The number of esters is 1. The highest BCUT2D eigenvalue weighted by molar-refractivity contribution is 7.30. The first-order valence-corrected chi connectivity index (χ1v) is 12.8. The summed E-state index contributed by atoms with van der Waals surface area (Å²) < 4.78 is 22.2. The monoisotopic (exact) mass is 541 g/mol. The van der Waals surface area contributed by atoms with Crippen molar-refractivity contribution in [3.05, 3.63) is 74.5 Å². The number of methoxy groups -OCH3 is 1. The Hall–Kier alpha value is -2.49. The first kappa shape index (κ1) is 29.7. The summed E-state index contributed by atoms with van der Waals surface area (Å²) in [4.78, 5) is 36.4. The van der Waals surface area contributed by atoms with Gasteiger partial charge in [0.15, 0.2) is 12.5 Å². The molecule has 2 heterocycles. The van der Waals surface area contributed by atoms with Gasteiger partial charge in [0.2, 0.25) is 0 Å². The van der Waals surface area contributed by atoms with Crippen LogP contribution in [0.1, 0.15) is 39.8 Å². The highest BCUT2D eigenvalue weighted by atomic mass is 35.5. The fraction of sp³-hybridized carbons (Fsp3) is 0.458. The summed E-state index contributed by atoms with van der Waals surface area (Å²) in [5.74, 6) is 1.02. The molecule has 10 nitrogen and oxygen atoms in total. The van der Waals surface area contributed by atoms with Crippen molar-refractivity contribution >= 4 is 26.5 Å². The summed E-state index contributed by atoms with van der Waals surface area (Å²) in [6, 6.07) is 9.16. The third-order valence-corrected chi connectivity index (χ3v) is 6.45. The summed E-state index contributed by atoms with van der Waals surface area (Å²) in [5.41, 5.74) is -1.20. The average molecular weight is 542 g/mol. The predicted molar refractivity (Wildman–Crippen MR) is 139 cm³/mol. The SMILES string of the molecule is CCC(CC)COC(=O)C(C)NPOc1ccccc1.COC1C=CC(n2cc(Cl)c(=O)[nH]c2=O)O1. The zero-order valence-corrected chi connectivity index (χ0v) is 22.5. The third kappa shape index (κ3) is 9.52. The molecule has 0 saturated carbocycles. The number of carbonyl (C=O) groups excluding carboxylic acids is 1. The van der Waals surface area contributed by atoms with Crippen LogP contribution in [0.25, 0.3) is 0 Å². The van der Waals surface area contributed by atoms with Crippen LogP contribution >= 0.6 is 20.6 Å². The van der Waals surface area contributed by atoms with Gasteiger partial charge in [-0.15, -0.1) is 0 Å². The van der Waals surface area contributed by atoms with Crippen molar-refractivity contribution < 1.29 is 23.5 Å². The Labute approximate surface area is 216 Å². The molecule has 2 N–H and O–H groups in total. The van der Waals surface area contributed by atoms with Crippen molar-refractivity contribution in [2.24, 2.45) is 5.92 Å². The van der Waals surface area contributed by atoms with Crippen LogP contribution < -0.4 is 20.9 Å². The van der Waals surface area contributed by atoms with Crippen molar-refractivity contribution in [1.29, 1.82) is 0 Å². The van der Waals surface area contributed by atoms with E-state index in [1.165, 1.54) is 17.9 Å². The Bertz CT molecular complexity index is 1090. The second-order valence-corrected chi connectivity index (χ2v) is 8.96. The Morgan fingerprint density at radius 3 is 2.53 bits per heavy atom. The van der Waals surface area contributed by atoms with Gasteiger partial charge in [0, 0.05) is 13.3 Å². The summed E-state index contributed by atoms with van der Waals surface area (Å²) in [7, 11) is 1.52. The topological polar surface area (TPSA) is 121 Å². The molecule has 36 heavy (non-hydrogen) atoms. The average Bonchev–Trinajstić information content (AvgIpc) is 3.37. The lowest BCUT2D eigenvalue weighted by Crippen LogP contribution is -2.32. The van der Waals surface area contributed by atoms with E-state index in [0.717, 1.165) is 18.6 Å². The van der Waals surface area contributed by atoms with E-state index in [4.69, 9.17) is 30.3 Å². The molecule has 4 atom stereocenters. The molecule has 198 valence electrons. The molecule has 0 bridgehead atoms. The lowest BCUT2D eigenvalue weighted by Gasteiger charge is -2.16. The molecule has 1 aliphatic heterocycles. The zero-order chi connectivity index (χ0) is 26.5. The van der Waals surface area contributed by atoms with Crippen LogP contribution in [0, 0.1) is 5.92 Å². The van der Waals surface area contributed by atoms with Gasteiger partial charge in [0.25, 0.3) is 5.56 Å². The second kappa shape index (κ2) is 15.6. The van der Waals surface area contributed by atoms with Gasteiger partial charge in [-0.1, -0.05) is 56.5 Å². The molecule has 12 heteroatoms. The van der Waals surface area contributed by atoms with Gasteiger partial charge in [-0.3, -0.25) is 24.2 Å². The molecule has 1 aromatic heterocycles. The van der Waals surface area contributed by atoms with Gasteiger partial charge >= 0.3 is 11.7 Å². The van der Waals surface area contributed by atoms with E-state index in [9.17, 15) is 14.4 Å². The highest BCUT2D eigenvalue weighted by Crippen LogP contribution is 2.20. The van der Waals surface area contributed by atoms with E-state index in [1.54, 1.807) is 19.1 Å². The van der Waals surface area contributed by atoms with Crippen LogP contribution in [0.5, 0.6) is 5.75 Å². The molecule has 0 fully saturated rings. The number of ether oxygens (including phenoxy) is 3. The molecule has 0 spiro atoms. The van der Waals surface area contributed by atoms with Gasteiger partial charge in [-0.25, -0.2) is 4.79 Å². The van der Waals surface area contributed by atoms with Crippen LogP contribution in [0.3, 0.4) is 0 Å². The summed E-state index contributed by atoms with van der Waals surface area (Å²) in [6.07, 6.45) is 5.49. The number of aromatic nitrogens is 2. The van der Waals surface area contributed by atoms with E-state index in [1.807, 2.05) is 30.3 Å². The first-order valence-electron chi connectivity index (χ1n) is 11.6. The van der Waals surface area contributed by atoms with Crippen LogP contribution in [0.15, 0.2) is 58.3 Å². The molecular formula is C24H33ClN3O7P. The quantitative estimate of drug-likeness (QED) is 0.250. The van der Waals surface area contributed by atoms with Crippen molar-refractivity contribution in [3.63, 3.8) is 0 Å². The summed E-state index contributed by atoms with van der Waals surface area (Å²) >= 11 is 5.62. The number of para-hydroxylation sites is 1. The van der Waals surface area contributed by atoms with Crippen molar-refractivity contribution in [2.75, 3.05) is 13.7 Å². The predicted octanol–water partition coefficient (Wildman–Crippen LogP) is 3.78.